The second-order valence-corrected chi connectivity index (χ2v) is 4.74. The minimum atomic E-state index is -1.67. The van der Waals surface area contributed by atoms with Gasteiger partial charge in [-0.2, -0.15) is 8.78 Å². The number of hydrogen-bond donors (Lipinski definition) is 0. The molecule has 0 bridgehead atoms. The van der Waals surface area contributed by atoms with E-state index in [1.807, 2.05) is 0 Å². The lowest BCUT2D eigenvalue weighted by Crippen LogP contribution is -1.74. The van der Waals surface area contributed by atoms with Gasteiger partial charge in [-0.15, -0.1) is 0 Å². The fourth-order valence-corrected chi connectivity index (χ4v) is 2.09. The highest BCUT2D eigenvalue weighted by Gasteiger charge is 2.10. The number of nitrogens with zero attached hydrogens (tertiary/aromatic N) is 1. The third-order valence-corrected chi connectivity index (χ3v) is 3.09. The van der Waals surface area contributed by atoms with E-state index in [-0.39, 0.29) is 11.6 Å². The SMILES string of the molecule is FC(F)=CCCSc1cc(-c2ccc(Cl)o2)no1. The van der Waals surface area contributed by atoms with Gasteiger partial charge in [0.05, 0.1) is 0 Å². The van der Waals surface area contributed by atoms with Crippen LogP contribution in [0.15, 0.2) is 44.4 Å². The highest BCUT2D eigenvalue weighted by molar-refractivity contribution is 7.99. The predicted octanol–water partition coefficient (Wildman–Crippen LogP) is 4.85. The van der Waals surface area contributed by atoms with Crippen molar-refractivity contribution in [2.24, 2.45) is 0 Å². The molecule has 2 aromatic rings. The molecule has 3 nitrogen and oxygen atoms in total. The van der Waals surface area contributed by atoms with Gasteiger partial charge in [-0.3, -0.25) is 0 Å². The van der Waals surface area contributed by atoms with Crippen molar-refractivity contribution >= 4 is 23.4 Å². The molecular weight excluding hydrogens is 284 g/mol. The van der Waals surface area contributed by atoms with Crippen molar-refractivity contribution in [3.05, 3.63) is 35.6 Å². The lowest BCUT2D eigenvalue weighted by molar-refractivity contribution is 0.350. The molecule has 18 heavy (non-hydrogen) atoms. The zero-order chi connectivity index (χ0) is 13.0. The van der Waals surface area contributed by atoms with E-state index in [0.717, 1.165) is 6.08 Å². The first-order valence-corrected chi connectivity index (χ1v) is 6.38. The number of allylic oxidation sites excluding steroid dienone is 1. The van der Waals surface area contributed by atoms with Gasteiger partial charge in [0.15, 0.2) is 16.1 Å². The number of thioether (sulfide) groups is 1. The molecule has 0 aromatic carbocycles. The smallest absolute Gasteiger partial charge is 0.266 e. The Morgan fingerprint density at radius 1 is 1.44 bits per heavy atom. The first-order valence-electron chi connectivity index (χ1n) is 5.01. The van der Waals surface area contributed by atoms with Crippen molar-refractivity contribution in [2.75, 3.05) is 5.75 Å². The van der Waals surface area contributed by atoms with Crippen molar-refractivity contribution in [1.29, 1.82) is 0 Å². The van der Waals surface area contributed by atoms with Crippen LogP contribution in [0.25, 0.3) is 11.5 Å². The van der Waals surface area contributed by atoms with Crippen LogP contribution in [0, 0.1) is 0 Å². The van der Waals surface area contributed by atoms with Gasteiger partial charge >= 0.3 is 0 Å². The topological polar surface area (TPSA) is 39.2 Å². The summed E-state index contributed by atoms with van der Waals surface area (Å²) in [5.41, 5.74) is 0.525. The molecule has 0 aliphatic rings. The summed E-state index contributed by atoms with van der Waals surface area (Å²) >= 11 is 6.94. The molecule has 0 unspecified atom stereocenters. The predicted molar refractivity (Wildman–Crippen MR) is 64.9 cm³/mol. The van der Waals surface area contributed by atoms with E-state index in [0.29, 0.717) is 22.3 Å². The molecule has 2 aromatic heterocycles. The van der Waals surface area contributed by atoms with E-state index in [1.54, 1.807) is 18.2 Å². The Labute approximate surface area is 111 Å². The monoisotopic (exact) mass is 291 g/mol. The third-order valence-electron chi connectivity index (χ3n) is 1.98. The van der Waals surface area contributed by atoms with Gasteiger partial charge in [-0.25, -0.2) is 0 Å². The number of hydrogen-bond acceptors (Lipinski definition) is 4. The molecule has 0 atom stereocenters. The van der Waals surface area contributed by atoms with Crippen molar-refractivity contribution in [3.8, 4) is 11.5 Å². The van der Waals surface area contributed by atoms with Crippen molar-refractivity contribution in [1.82, 2.24) is 5.16 Å². The maximum absolute atomic E-state index is 11.8. The Balaban J connectivity index is 1.92. The third kappa shape index (κ3) is 3.61. The second-order valence-electron chi connectivity index (χ2n) is 3.27. The van der Waals surface area contributed by atoms with Crippen LogP contribution in [0.5, 0.6) is 0 Å². The molecule has 0 radical (unpaired) electrons. The number of aromatic nitrogens is 1. The Bertz CT molecular complexity index is 549. The first kappa shape index (κ1) is 13.2. The van der Waals surface area contributed by atoms with Gasteiger partial charge in [-0.1, -0.05) is 16.9 Å². The molecule has 0 amide bonds. The minimum absolute atomic E-state index is 0.269. The molecular formula is C11H8ClF2NO2S. The fourth-order valence-electron chi connectivity index (χ4n) is 1.22. The van der Waals surface area contributed by atoms with Crippen LogP contribution in [0.2, 0.25) is 5.22 Å². The molecule has 2 heterocycles. The highest BCUT2D eigenvalue weighted by atomic mass is 35.5. The maximum atomic E-state index is 11.8. The fraction of sp³-hybridized carbons (Fsp3) is 0.182. The molecule has 0 N–H and O–H groups in total. The van der Waals surface area contributed by atoms with E-state index in [4.69, 9.17) is 20.5 Å². The van der Waals surface area contributed by atoms with Crippen LogP contribution in [-0.4, -0.2) is 10.9 Å². The lowest BCUT2D eigenvalue weighted by Gasteiger charge is -1.90. The molecule has 7 heteroatoms. The van der Waals surface area contributed by atoms with Crippen LogP contribution in [-0.2, 0) is 0 Å². The van der Waals surface area contributed by atoms with Crippen molar-refractivity contribution in [3.63, 3.8) is 0 Å². The number of rotatable bonds is 5. The Hall–Kier alpha value is -1.27. The van der Waals surface area contributed by atoms with E-state index < -0.39 is 6.08 Å². The normalized spacial score (nSPS) is 10.6. The summed E-state index contributed by atoms with van der Waals surface area (Å²) in [6.07, 6.45) is -0.522. The maximum Gasteiger partial charge on any atom is 0.266 e. The molecule has 96 valence electrons. The van der Waals surface area contributed by atoms with Crippen molar-refractivity contribution < 1.29 is 17.7 Å². The van der Waals surface area contributed by atoms with Gasteiger partial charge in [0.1, 0.15) is 5.69 Å². The number of furan rings is 1. The van der Waals surface area contributed by atoms with Crippen LogP contribution in [0.3, 0.4) is 0 Å². The van der Waals surface area contributed by atoms with Crippen LogP contribution in [0.1, 0.15) is 6.42 Å². The standard InChI is InChI=1S/C11H8ClF2NO2S/c12-9-4-3-8(16-9)7-6-11(17-15-7)18-5-1-2-10(13)14/h2-4,6H,1,5H2. The van der Waals surface area contributed by atoms with Crippen LogP contribution >= 0.6 is 23.4 Å². The van der Waals surface area contributed by atoms with Gasteiger partial charge in [0.25, 0.3) is 6.08 Å². The summed E-state index contributed by atoms with van der Waals surface area (Å²) in [6.45, 7) is 0. The molecule has 0 saturated carbocycles. The zero-order valence-electron chi connectivity index (χ0n) is 9.03. The molecule has 0 aliphatic heterocycles. The van der Waals surface area contributed by atoms with Gasteiger partial charge < -0.3 is 8.94 Å². The van der Waals surface area contributed by atoms with Gasteiger partial charge in [-0.05, 0) is 36.2 Å². The lowest BCUT2D eigenvalue weighted by atomic mass is 10.3. The summed E-state index contributed by atoms with van der Waals surface area (Å²) in [6, 6.07) is 4.96. The average molecular weight is 292 g/mol. The summed E-state index contributed by atoms with van der Waals surface area (Å²) in [4.78, 5) is 0. The van der Waals surface area contributed by atoms with Gasteiger partial charge in [0, 0.05) is 11.8 Å². The van der Waals surface area contributed by atoms with Gasteiger partial charge in [0.2, 0.25) is 0 Å². The quantitative estimate of drug-likeness (QED) is 0.583. The van der Waals surface area contributed by atoms with Crippen LogP contribution < -0.4 is 0 Å². The molecule has 0 fully saturated rings. The van der Waals surface area contributed by atoms with Crippen LogP contribution in [0.4, 0.5) is 8.78 Å². The van der Waals surface area contributed by atoms with E-state index in [9.17, 15) is 8.78 Å². The Morgan fingerprint density at radius 3 is 2.94 bits per heavy atom. The Kier molecular flexibility index (Phi) is 4.43. The highest BCUT2D eigenvalue weighted by Crippen LogP contribution is 2.28. The first-order chi connectivity index (χ1) is 8.65. The largest absolute Gasteiger partial charge is 0.443 e. The summed E-state index contributed by atoms with van der Waals surface area (Å²) in [5, 5.41) is 4.62. The minimum Gasteiger partial charge on any atom is -0.443 e. The summed E-state index contributed by atoms with van der Waals surface area (Å²) < 4.78 is 33.8. The summed E-state index contributed by atoms with van der Waals surface area (Å²) in [7, 11) is 0. The molecule has 0 aliphatic carbocycles. The molecule has 0 spiro atoms. The zero-order valence-corrected chi connectivity index (χ0v) is 10.6. The Morgan fingerprint density at radius 2 is 2.28 bits per heavy atom. The molecule has 2 rings (SSSR count). The van der Waals surface area contributed by atoms with E-state index >= 15 is 0 Å². The second kappa shape index (κ2) is 6.06. The van der Waals surface area contributed by atoms with E-state index in [2.05, 4.69) is 5.16 Å². The summed E-state index contributed by atoms with van der Waals surface area (Å²) in [5.74, 6) is 0.996. The molecule has 0 saturated heterocycles. The average Bonchev–Trinajstić information content (AvgIpc) is 2.93. The number of halogens is 3. The van der Waals surface area contributed by atoms with Crippen molar-refractivity contribution in [2.45, 2.75) is 11.5 Å². The van der Waals surface area contributed by atoms with E-state index in [1.165, 1.54) is 11.8 Å².